The van der Waals surface area contributed by atoms with Gasteiger partial charge in [0.05, 0.1) is 21.7 Å². The zero-order chi connectivity index (χ0) is 14.7. The Labute approximate surface area is 140 Å². The van der Waals surface area contributed by atoms with Crippen LogP contribution in [0.5, 0.6) is 5.75 Å². The summed E-state index contributed by atoms with van der Waals surface area (Å²) in [6.07, 6.45) is 0. The first-order chi connectivity index (χ1) is 9.51. The van der Waals surface area contributed by atoms with Crippen molar-refractivity contribution in [2.75, 3.05) is 0 Å². The number of halogens is 4. The molecule has 0 aromatic heterocycles. The lowest BCUT2D eigenvalue weighted by molar-refractivity contribution is 0.306. The molecular formula is C14H7BrCl3NO. The van der Waals surface area contributed by atoms with Crippen LogP contribution in [-0.2, 0) is 6.61 Å². The molecule has 0 atom stereocenters. The Balaban J connectivity index is 2.17. The monoisotopic (exact) mass is 389 g/mol. The van der Waals surface area contributed by atoms with Gasteiger partial charge in [-0.25, -0.2) is 0 Å². The summed E-state index contributed by atoms with van der Waals surface area (Å²) < 4.78 is 6.31. The zero-order valence-corrected chi connectivity index (χ0v) is 13.8. The Morgan fingerprint density at radius 1 is 1.05 bits per heavy atom. The normalized spacial score (nSPS) is 10.2. The van der Waals surface area contributed by atoms with Crippen LogP contribution in [0, 0.1) is 11.3 Å². The molecular weight excluding hydrogens is 384 g/mol. The number of hydrogen-bond acceptors (Lipinski definition) is 2. The third-order valence-corrected chi connectivity index (χ3v) is 4.38. The van der Waals surface area contributed by atoms with Gasteiger partial charge in [0.1, 0.15) is 12.4 Å². The smallest absolute Gasteiger partial charge is 0.139 e. The Morgan fingerprint density at radius 2 is 1.80 bits per heavy atom. The van der Waals surface area contributed by atoms with Crippen molar-refractivity contribution in [3.63, 3.8) is 0 Å². The lowest BCUT2D eigenvalue weighted by Crippen LogP contribution is -1.97. The fourth-order valence-electron chi connectivity index (χ4n) is 1.50. The van der Waals surface area contributed by atoms with Crippen LogP contribution in [-0.4, -0.2) is 0 Å². The molecule has 2 aromatic carbocycles. The van der Waals surface area contributed by atoms with Crippen LogP contribution in [0.3, 0.4) is 0 Å². The predicted octanol–water partition coefficient (Wildman–Crippen LogP) is 5.86. The Kier molecular flexibility index (Phi) is 5.17. The summed E-state index contributed by atoms with van der Waals surface area (Å²) in [5.41, 5.74) is 1.27. The Morgan fingerprint density at radius 3 is 2.45 bits per heavy atom. The summed E-state index contributed by atoms with van der Waals surface area (Å²) in [6, 6.07) is 10.3. The van der Waals surface area contributed by atoms with Gasteiger partial charge in [0, 0.05) is 21.1 Å². The minimum Gasteiger partial charge on any atom is -0.487 e. The minimum absolute atomic E-state index is 0.238. The number of benzene rings is 2. The Bertz CT molecular complexity index is 698. The molecule has 0 aliphatic rings. The second-order valence-corrected chi connectivity index (χ2v) is 5.98. The molecule has 2 nitrogen and oxygen atoms in total. The molecule has 0 saturated heterocycles. The predicted molar refractivity (Wildman–Crippen MR) is 84.7 cm³/mol. The maximum absolute atomic E-state index is 8.78. The van der Waals surface area contributed by atoms with Crippen molar-refractivity contribution in [3.05, 3.63) is 61.0 Å². The van der Waals surface area contributed by atoms with Gasteiger partial charge in [-0.3, -0.25) is 0 Å². The third-order valence-electron chi connectivity index (χ3n) is 2.54. The van der Waals surface area contributed by atoms with E-state index in [0.717, 1.165) is 5.56 Å². The summed E-state index contributed by atoms with van der Waals surface area (Å²) in [4.78, 5) is 0. The van der Waals surface area contributed by atoms with Gasteiger partial charge in [-0.15, -0.1) is 0 Å². The maximum Gasteiger partial charge on any atom is 0.139 e. The van der Waals surface area contributed by atoms with Gasteiger partial charge in [-0.2, -0.15) is 5.26 Å². The molecule has 0 N–H and O–H groups in total. The van der Waals surface area contributed by atoms with Crippen molar-refractivity contribution in [3.8, 4) is 11.8 Å². The van der Waals surface area contributed by atoms with E-state index >= 15 is 0 Å². The van der Waals surface area contributed by atoms with Crippen molar-refractivity contribution in [1.29, 1.82) is 5.26 Å². The molecule has 20 heavy (non-hydrogen) atoms. The average Bonchev–Trinajstić information content (AvgIpc) is 2.42. The van der Waals surface area contributed by atoms with Crippen LogP contribution in [0.1, 0.15) is 11.1 Å². The lowest BCUT2D eigenvalue weighted by Gasteiger charge is -2.10. The summed E-state index contributed by atoms with van der Waals surface area (Å²) >= 11 is 21.4. The molecule has 2 rings (SSSR count). The van der Waals surface area contributed by atoms with E-state index in [2.05, 4.69) is 15.9 Å². The maximum atomic E-state index is 8.78. The quantitative estimate of drug-likeness (QED) is 0.614. The number of ether oxygens (including phenoxy) is 1. The molecule has 0 saturated carbocycles. The van der Waals surface area contributed by atoms with Gasteiger partial charge in [-0.05, 0) is 34.1 Å². The van der Waals surface area contributed by atoms with Gasteiger partial charge in [0.2, 0.25) is 0 Å². The topological polar surface area (TPSA) is 33.0 Å². The van der Waals surface area contributed by atoms with E-state index in [9.17, 15) is 0 Å². The minimum atomic E-state index is 0.238. The average molecular weight is 391 g/mol. The van der Waals surface area contributed by atoms with Crippen LogP contribution < -0.4 is 4.74 Å². The van der Waals surface area contributed by atoms with Crippen LogP contribution >= 0.6 is 50.7 Å². The van der Waals surface area contributed by atoms with Crippen molar-refractivity contribution in [1.82, 2.24) is 0 Å². The van der Waals surface area contributed by atoms with E-state index in [4.69, 9.17) is 44.8 Å². The van der Waals surface area contributed by atoms with Crippen LogP contribution in [0.4, 0.5) is 0 Å². The third kappa shape index (κ3) is 3.59. The highest BCUT2D eigenvalue weighted by molar-refractivity contribution is 9.10. The molecule has 0 amide bonds. The van der Waals surface area contributed by atoms with Crippen molar-refractivity contribution in [2.45, 2.75) is 6.61 Å². The number of nitriles is 1. The molecule has 2 aromatic rings. The second kappa shape index (κ2) is 6.69. The molecule has 6 heteroatoms. The van der Waals surface area contributed by atoms with Gasteiger partial charge in [0.25, 0.3) is 0 Å². The van der Waals surface area contributed by atoms with E-state index in [1.165, 1.54) is 0 Å². The first kappa shape index (κ1) is 15.5. The highest BCUT2D eigenvalue weighted by Gasteiger charge is 2.08. The van der Waals surface area contributed by atoms with Crippen LogP contribution in [0.2, 0.25) is 15.1 Å². The summed E-state index contributed by atoms with van der Waals surface area (Å²) in [5, 5.41) is 10.2. The SMILES string of the molecule is N#Cc1ccc(COc2cc(Cl)c(Br)cc2Cl)c(Cl)c1. The number of rotatable bonds is 3. The number of nitrogens with zero attached hydrogens (tertiary/aromatic N) is 1. The fourth-order valence-corrected chi connectivity index (χ4v) is 2.59. The summed E-state index contributed by atoms with van der Waals surface area (Å²) in [6.45, 7) is 0.238. The molecule has 0 fully saturated rings. The van der Waals surface area contributed by atoms with E-state index in [1.807, 2.05) is 6.07 Å². The van der Waals surface area contributed by atoms with Gasteiger partial charge >= 0.3 is 0 Å². The summed E-state index contributed by atoms with van der Waals surface area (Å²) in [5.74, 6) is 0.472. The van der Waals surface area contributed by atoms with Gasteiger partial charge in [0.15, 0.2) is 0 Å². The number of hydrogen-bond donors (Lipinski definition) is 0. The highest BCUT2D eigenvalue weighted by Crippen LogP contribution is 2.34. The fraction of sp³-hybridized carbons (Fsp3) is 0.0714. The van der Waals surface area contributed by atoms with Crippen LogP contribution in [0.15, 0.2) is 34.8 Å². The molecule has 0 aliphatic carbocycles. The Hall–Kier alpha value is -0.920. The summed E-state index contributed by atoms with van der Waals surface area (Å²) in [7, 11) is 0. The van der Waals surface area contributed by atoms with E-state index in [1.54, 1.807) is 30.3 Å². The first-order valence-corrected chi connectivity index (χ1v) is 7.40. The molecule has 0 heterocycles. The highest BCUT2D eigenvalue weighted by atomic mass is 79.9. The molecule has 0 spiro atoms. The van der Waals surface area contributed by atoms with Gasteiger partial charge < -0.3 is 4.74 Å². The first-order valence-electron chi connectivity index (χ1n) is 5.47. The standard InChI is InChI=1S/C14H7BrCl3NO/c15-10-4-13(18)14(5-12(10)17)20-7-9-2-1-8(6-19)3-11(9)16/h1-5H,7H2. The van der Waals surface area contributed by atoms with E-state index < -0.39 is 0 Å². The van der Waals surface area contributed by atoms with E-state index in [-0.39, 0.29) is 6.61 Å². The van der Waals surface area contributed by atoms with Crippen molar-refractivity contribution < 1.29 is 4.74 Å². The molecule has 0 aliphatic heterocycles. The van der Waals surface area contributed by atoms with Gasteiger partial charge in [-0.1, -0.05) is 40.9 Å². The van der Waals surface area contributed by atoms with Crippen molar-refractivity contribution in [2.24, 2.45) is 0 Å². The molecule has 0 radical (unpaired) electrons. The van der Waals surface area contributed by atoms with E-state index in [0.29, 0.717) is 30.9 Å². The molecule has 102 valence electrons. The molecule has 0 unspecified atom stereocenters. The second-order valence-electron chi connectivity index (χ2n) is 3.90. The molecule has 0 bridgehead atoms. The zero-order valence-electron chi connectivity index (χ0n) is 9.96. The van der Waals surface area contributed by atoms with Crippen molar-refractivity contribution >= 4 is 50.7 Å². The lowest BCUT2D eigenvalue weighted by atomic mass is 10.1. The van der Waals surface area contributed by atoms with Crippen LogP contribution in [0.25, 0.3) is 0 Å². The largest absolute Gasteiger partial charge is 0.487 e.